The molecule has 0 bridgehead atoms. The lowest BCUT2D eigenvalue weighted by Crippen LogP contribution is -2.35. The minimum absolute atomic E-state index is 0.0904. The summed E-state index contributed by atoms with van der Waals surface area (Å²) >= 11 is 3.60. The van der Waals surface area contributed by atoms with Crippen molar-refractivity contribution in [3.8, 4) is 0 Å². The molecule has 106 valence electrons. The van der Waals surface area contributed by atoms with Gasteiger partial charge in [0.25, 0.3) is 0 Å². The highest BCUT2D eigenvalue weighted by molar-refractivity contribution is 9.10. The number of benzene rings is 1. The number of hydrogen-bond acceptors (Lipinski definition) is 2. The molecule has 1 aromatic rings. The Bertz CT molecular complexity index is 415. The lowest BCUT2D eigenvalue weighted by atomic mass is 9.74. The zero-order valence-electron chi connectivity index (χ0n) is 11.9. The highest BCUT2D eigenvalue weighted by Gasteiger charge is 2.31. The van der Waals surface area contributed by atoms with Gasteiger partial charge in [-0.2, -0.15) is 0 Å². The molecule has 2 N–H and O–H groups in total. The van der Waals surface area contributed by atoms with Crippen molar-refractivity contribution in [1.29, 1.82) is 0 Å². The third kappa shape index (κ3) is 3.51. The lowest BCUT2D eigenvalue weighted by molar-refractivity contribution is 0.0944. The van der Waals surface area contributed by atoms with Gasteiger partial charge in [-0.3, -0.25) is 0 Å². The summed E-state index contributed by atoms with van der Waals surface area (Å²) in [5, 5.41) is 13.3. The van der Waals surface area contributed by atoms with E-state index >= 15 is 0 Å². The SMILES string of the molecule is Cc1cc(NCC2(CO)CCCCC2)cc(C)c1Br. The van der Waals surface area contributed by atoms with E-state index in [4.69, 9.17) is 0 Å². The van der Waals surface area contributed by atoms with Gasteiger partial charge in [-0.15, -0.1) is 0 Å². The summed E-state index contributed by atoms with van der Waals surface area (Å²) in [4.78, 5) is 0. The summed E-state index contributed by atoms with van der Waals surface area (Å²) < 4.78 is 1.19. The zero-order chi connectivity index (χ0) is 13.9. The van der Waals surface area contributed by atoms with Gasteiger partial charge in [0.1, 0.15) is 0 Å². The van der Waals surface area contributed by atoms with Crippen molar-refractivity contribution in [3.05, 3.63) is 27.7 Å². The van der Waals surface area contributed by atoms with Gasteiger partial charge in [-0.1, -0.05) is 35.2 Å². The van der Waals surface area contributed by atoms with Crippen LogP contribution < -0.4 is 5.32 Å². The normalized spacial score (nSPS) is 18.3. The van der Waals surface area contributed by atoms with E-state index in [2.05, 4.69) is 47.2 Å². The second-order valence-corrected chi connectivity index (χ2v) is 6.79. The summed E-state index contributed by atoms with van der Waals surface area (Å²) in [5.74, 6) is 0. The molecule has 1 fully saturated rings. The first kappa shape index (κ1) is 14.9. The van der Waals surface area contributed by atoms with Crippen LogP contribution in [0.25, 0.3) is 0 Å². The molecule has 0 aromatic heterocycles. The van der Waals surface area contributed by atoms with Crippen molar-refractivity contribution < 1.29 is 5.11 Å². The Morgan fingerprint density at radius 1 is 1.16 bits per heavy atom. The first-order chi connectivity index (χ1) is 9.06. The highest BCUT2D eigenvalue weighted by Crippen LogP contribution is 2.36. The predicted molar refractivity (Wildman–Crippen MR) is 84.7 cm³/mol. The van der Waals surface area contributed by atoms with Crippen LogP contribution in [0.4, 0.5) is 5.69 Å². The Labute approximate surface area is 124 Å². The third-order valence-corrected chi connectivity index (χ3v) is 5.60. The molecule has 3 heteroatoms. The molecule has 0 unspecified atom stereocenters. The van der Waals surface area contributed by atoms with E-state index in [0.29, 0.717) is 6.61 Å². The number of aryl methyl sites for hydroxylation is 2. The Balaban J connectivity index is 2.05. The molecule has 0 heterocycles. The van der Waals surface area contributed by atoms with Crippen LogP contribution in [0.1, 0.15) is 43.2 Å². The van der Waals surface area contributed by atoms with Crippen LogP contribution >= 0.6 is 15.9 Å². The number of halogens is 1. The van der Waals surface area contributed by atoms with E-state index in [-0.39, 0.29) is 5.41 Å². The van der Waals surface area contributed by atoms with Crippen LogP contribution in [-0.2, 0) is 0 Å². The van der Waals surface area contributed by atoms with Gasteiger partial charge in [-0.05, 0) is 49.9 Å². The van der Waals surface area contributed by atoms with Crippen molar-refractivity contribution in [1.82, 2.24) is 0 Å². The van der Waals surface area contributed by atoms with E-state index in [9.17, 15) is 5.11 Å². The molecule has 0 amide bonds. The average molecular weight is 326 g/mol. The molecular formula is C16H24BrNO. The van der Waals surface area contributed by atoms with Crippen LogP contribution in [0.15, 0.2) is 16.6 Å². The Hall–Kier alpha value is -0.540. The van der Waals surface area contributed by atoms with Gasteiger partial charge in [0.2, 0.25) is 0 Å². The van der Waals surface area contributed by atoms with Crippen LogP contribution in [0.3, 0.4) is 0 Å². The second-order valence-electron chi connectivity index (χ2n) is 6.00. The van der Waals surface area contributed by atoms with Crippen LogP contribution in [0, 0.1) is 19.3 Å². The number of anilines is 1. The fraction of sp³-hybridized carbons (Fsp3) is 0.625. The van der Waals surface area contributed by atoms with E-state index in [1.807, 2.05) is 0 Å². The molecule has 19 heavy (non-hydrogen) atoms. The highest BCUT2D eigenvalue weighted by atomic mass is 79.9. The number of aliphatic hydroxyl groups is 1. The maximum Gasteiger partial charge on any atom is 0.0504 e. The monoisotopic (exact) mass is 325 g/mol. The van der Waals surface area contributed by atoms with Gasteiger partial charge in [0.15, 0.2) is 0 Å². The average Bonchev–Trinajstić information content (AvgIpc) is 2.43. The molecule has 1 aliphatic carbocycles. The fourth-order valence-corrected chi connectivity index (χ4v) is 3.26. The number of nitrogens with one attached hydrogen (secondary N) is 1. The molecule has 0 radical (unpaired) electrons. The smallest absolute Gasteiger partial charge is 0.0504 e. The molecule has 1 aliphatic rings. The molecule has 1 saturated carbocycles. The molecule has 0 saturated heterocycles. The van der Waals surface area contributed by atoms with Gasteiger partial charge in [-0.25, -0.2) is 0 Å². The maximum atomic E-state index is 9.73. The Morgan fingerprint density at radius 2 is 1.74 bits per heavy atom. The largest absolute Gasteiger partial charge is 0.396 e. The zero-order valence-corrected chi connectivity index (χ0v) is 13.5. The first-order valence-corrected chi connectivity index (χ1v) is 7.97. The van der Waals surface area contributed by atoms with Crippen molar-refractivity contribution in [2.45, 2.75) is 46.0 Å². The standard InChI is InChI=1S/C16H24BrNO/c1-12-8-14(9-13(2)15(12)17)18-10-16(11-19)6-4-3-5-7-16/h8-9,18-19H,3-7,10-11H2,1-2H3. The quantitative estimate of drug-likeness (QED) is 0.858. The lowest BCUT2D eigenvalue weighted by Gasteiger charge is -2.36. The van der Waals surface area contributed by atoms with Crippen LogP contribution in [-0.4, -0.2) is 18.3 Å². The van der Waals surface area contributed by atoms with Gasteiger partial charge in [0.05, 0.1) is 6.61 Å². The molecule has 1 aromatic carbocycles. The fourth-order valence-electron chi connectivity index (χ4n) is 3.03. The number of aliphatic hydroxyl groups excluding tert-OH is 1. The van der Waals surface area contributed by atoms with Gasteiger partial charge >= 0.3 is 0 Å². The van der Waals surface area contributed by atoms with Crippen LogP contribution in [0.2, 0.25) is 0 Å². The minimum Gasteiger partial charge on any atom is -0.396 e. The van der Waals surface area contributed by atoms with E-state index in [0.717, 1.165) is 25.1 Å². The van der Waals surface area contributed by atoms with Crippen LogP contribution in [0.5, 0.6) is 0 Å². The summed E-state index contributed by atoms with van der Waals surface area (Å²) in [6.45, 7) is 5.41. The van der Waals surface area contributed by atoms with Crippen molar-refractivity contribution in [2.75, 3.05) is 18.5 Å². The van der Waals surface area contributed by atoms with E-state index in [1.54, 1.807) is 0 Å². The number of hydrogen-bond donors (Lipinski definition) is 2. The molecule has 0 spiro atoms. The molecule has 2 nitrogen and oxygen atoms in total. The molecular weight excluding hydrogens is 302 g/mol. The van der Waals surface area contributed by atoms with Gasteiger partial charge in [0, 0.05) is 22.1 Å². The minimum atomic E-state index is 0.0904. The van der Waals surface area contributed by atoms with Gasteiger partial charge < -0.3 is 10.4 Å². The van der Waals surface area contributed by atoms with E-state index in [1.165, 1.54) is 34.9 Å². The first-order valence-electron chi connectivity index (χ1n) is 7.18. The Kier molecular flexibility index (Phi) is 4.91. The predicted octanol–water partition coefficient (Wildman–Crippen LogP) is 4.42. The molecule has 0 atom stereocenters. The maximum absolute atomic E-state index is 9.73. The summed E-state index contributed by atoms with van der Waals surface area (Å²) in [7, 11) is 0. The summed E-state index contributed by atoms with van der Waals surface area (Å²) in [6, 6.07) is 4.34. The topological polar surface area (TPSA) is 32.3 Å². The van der Waals surface area contributed by atoms with Crippen molar-refractivity contribution >= 4 is 21.6 Å². The third-order valence-electron chi connectivity index (χ3n) is 4.35. The summed E-state index contributed by atoms with van der Waals surface area (Å²) in [6.07, 6.45) is 6.11. The van der Waals surface area contributed by atoms with Crippen molar-refractivity contribution in [3.63, 3.8) is 0 Å². The molecule has 2 rings (SSSR count). The van der Waals surface area contributed by atoms with E-state index < -0.39 is 0 Å². The Morgan fingerprint density at radius 3 is 2.26 bits per heavy atom. The second kappa shape index (κ2) is 6.27. The van der Waals surface area contributed by atoms with Crippen molar-refractivity contribution in [2.24, 2.45) is 5.41 Å². The summed E-state index contributed by atoms with van der Waals surface area (Å²) in [5.41, 5.74) is 3.76. The molecule has 0 aliphatic heterocycles. The number of rotatable bonds is 4.